The summed E-state index contributed by atoms with van der Waals surface area (Å²) >= 11 is 1.32. The molecule has 0 radical (unpaired) electrons. The molecule has 2 heterocycles. The third-order valence-electron chi connectivity index (χ3n) is 3.51. The predicted molar refractivity (Wildman–Crippen MR) is 71.7 cm³/mol. The first-order chi connectivity index (χ1) is 9.02. The Balaban J connectivity index is 2.14. The molecule has 1 aromatic heterocycles. The van der Waals surface area contributed by atoms with Crippen LogP contribution in [0.25, 0.3) is 0 Å². The van der Waals surface area contributed by atoms with E-state index in [0.717, 1.165) is 6.42 Å². The van der Waals surface area contributed by atoms with E-state index in [0.29, 0.717) is 17.0 Å². The second-order valence-corrected chi connectivity index (χ2v) is 5.68. The fraction of sp³-hybridized carbons (Fsp3) is 0.538. The normalized spacial score (nSPS) is 23.2. The van der Waals surface area contributed by atoms with Gasteiger partial charge in [-0.3, -0.25) is 9.59 Å². The number of ether oxygens (including phenoxy) is 1. The zero-order chi connectivity index (χ0) is 14.0. The molecule has 1 N–H and O–H groups in total. The molecule has 0 aromatic carbocycles. The maximum Gasteiger partial charge on any atom is 0.308 e. The van der Waals surface area contributed by atoms with E-state index in [1.54, 1.807) is 23.5 Å². The van der Waals surface area contributed by atoms with Crippen LogP contribution in [0.1, 0.15) is 29.4 Å². The first-order valence-electron chi connectivity index (χ1n) is 6.19. The molecular weight excluding hydrogens is 266 g/mol. The zero-order valence-corrected chi connectivity index (χ0v) is 11.8. The van der Waals surface area contributed by atoms with Crippen molar-refractivity contribution in [2.75, 3.05) is 13.7 Å². The van der Waals surface area contributed by atoms with Crippen molar-refractivity contribution in [1.29, 1.82) is 0 Å². The molecule has 1 saturated heterocycles. The van der Waals surface area contributed by atoms with Crippen LogP contribution in [0.5, 0.6) is 5.75 Å². The predicted octanol–water partition coefficient (Wildman–Crippen LogP) is 2.08. The van der Waals surface area contributed by atoms with Crippen molar-refractivity contribution in [2.45, 2.75) is 25.8 Å². The van der Waals surface area contributed by atoms with Crippen LogP contribution in [0.15, 0.2) is 11.4 Å². The Morgan fingerprint density at radius 1 is 1.47 bits per heavy atom. The summed E-state index contributed by atoms with van der Waals surface area (Å²) in [5, 5.41) is 10.9. The molecule has 1 aliphatic heterocycles. The molecule has 0 saturated carbocycles. The summed E-state index contributed by atoms with van der Waals surface area (Å²) in [4.78, 5) is 25.7. The molecule has 19 heavy (non-hydrogen) atoms. The van der Waals surface area contributed by atoms with E-state index in [2.05, 4.69) is 0 Å². The number of amides is 1. The number of hydrogen-bond acceptors (Lipinski definition) is 4. The van der Waals surface area contributed by atoms with Gasteiger partial charge >= 0.3 is 5.97 Å². The van der Waals surface area contributed by atoms with Gasteiger partial charge < -0.3 is 14.7 Å². The highest BCUT2D eigenvalue weighted by atomic mass is 32.1. The minimum Gasteiger partial charge on any atom is -0.496 e. The van der Waals surface area contributed by atoms with Crippen molar-refractivity contribution in [2.24, 2.45) is 5.92 Å². The van der Waals surface area contributed by atoms with Gasteiger partial charge in [0.2, 0.25) is 0 Å². The van der Waals surface area contributed by atoms with Gasteiger partial charge in [-0.15, -0.1) is 11.3 Å². The minimum atomic E-state index is -0.825. The highest BCUT2D eigenvalue weighted by molar-refractivity contribution is 7.12. The van der Waals surface area contributed by atoms with Crippen LogP contribution in [0.2, 0.25) is 0 Å². The lowest BCUT2D eigenvalue weighted by Crippen LogP contribution is -2.47. The van der Waals surface area contributed by atoms with Crippen molar-refractivity contribution in [1.82, 2.24) is 4.90 Å². The molecule has 2 unspecified atom stereocenters. The molecule has 6 heteroatoms. The molecule has 0 bridgehead atoms. The molecule has 5 nitrogen and oxygen atoms in total. The molecular formula is C13H17NO4S. The van der Waals surface area contributed by atoms with Gasteiger partial charge in [-0.2, -0.15) is 0 Å². The van der Waals surface area contributed by atoms with Gasteiger partial charge in [0.15, 0.2) is 0 Å². The van der Waals surface area contributed by atoms with Crippen LogP contribution in [0.3, 0.4) is 0 Å². The number of hydrogen-bond donors (Lipinski definition) is 1. The number of nitrogens with zero attached hydrogens (tertiary/aromatic N) is 1. The number of likely N-dealkylation sites (tertiary alicyclic amines) is 1. The molecule has 0 aliphatic carbocycles. The van der Waals surface area contributed by atoms with E-state index in [9.17, 15) is 9.59 Å². The molecule has 2 rings (SSSR count). The Morgan fingerprint density at radius 2 is 2.21 bits per heavy atom. The van der Waals surface area contributed by atoms with Crippen molar-refractivity contribution >= 4 is 23.2 Å². The molecule has 104 valence electrons. The van der Waals surface area contributed by atoms with Crippen LogP contribution in [0, 0.1) is 5.92 Å². The van der Waals surface area contributed by atoms with Gasteiger partial charge in [0.05, 0.1) is 17.9 Å². The summed E-state index contributed by atoms with van der Waals surface area (Å²) in [5.41, 5.74) is 0. The van der Waals surface area contributed by atoms with Gasteiger partial charge in [0, 0.05) is 24.0 Å². The second kappa shape index (κ2) is 5.61. The maximum absolute atomic E-state index is 12.4. The number of methoxy groups -OCH3 is 1. The van der Waals surface area contributed by atoms with Gasteiger partial charge in [-0.05, 0) is 19.8 Å². The van der Waals surface area contributed by atoms with E-state index in [1.165, 1.54) is 11.3 Å². The van der Waals surface area contributed by atoms with E-state index in [1.807, 2.05) is 6.92 Å². The summed E-state index contributed by atoms with van der Waals surface area (Å²) in [6.45, 7) is 2.25. The average Bonchev–Trinajstić information content (AvgIpc) is 2.87. The number of piperidine rings is 1. The van der Waals surface area contributed by atoms with Crippen molar-refractivity contribution < 1.29 is 19.4 Å². The van der Waals surface area contributed by atoms with Crippen LogP contribution in [-0.2, 0) is 4.79 Å². The summed E-state index contributed by atoms with van der Waals surface area (Å²) in [6, 6.07) is 1.78. The Bertz CT molecular complexity index is 485. The third-order valence-corrected chi connectivity index (χ3v) is 4.41. The van der Waals surface area contributed by atoms with E-state index in [4.69, 9.17) is 9.84 Å². The lowest BCUT2D eigenvalue weighted by molar-refractivity contribution is -0.143. The van der Waals surface area contributed by atoms with Crippen LogP contribution in [-0.4, -0.2) is 41.6 Å². The first-order valence-corrected chi connectivity index (χ1v) is 7.07. The SMILES string of the molecule is COc1csc(C(=O)N2CC(C(=O)O)CCC2C)c1. The maximum atomic E-state index is 12.4. The summed E-state index contributed by atoms with van der Waals surface area (Å²) in [5.74, 6) is -0.727. The number of carbonyl (C=O) groups is 2. The Hall–Kier alpha value is -1.56. The number of aliphatic carboxylic acids is 1. The lowest BCUT2D eigenvalue weighted by Gasteiger charge is -2.36. The van der Waals surface area contributed by atoms with Crippen molar-refractivity contribution in [3.05, 3.63) is 16.3 Å². The topological polar surface area (TPSA) is 66.8 Å². The van der Waals surface area contributed by atoms with E-state index in [-0.39, 0.29) is 18.5 Å². The number of carboxylic acid groups (broad SMARTS) is 1. The van der Waals surface area contributed by atoms with Gasteiger partial charge in [0.25, 0.3) is 5.91 Å². The van der Waals surface area contributed by atoms with Crippen molar-refractivity contribution in [3.63, 3.8) is 0 Å². The number of rotatable bonds is 3. The fourth-order valence-corrected chi connectivity index (χ4v) is 3.08. The number of carbonyl (C=O) groups excluding carboxylic acids is 1. The Kier molecular flexibility index (Phi) is 4.09. The first kappa shape index (κ1) is 13.9. The Morgan fingerprint density at radius 3 is 2.79 bits per heavy atom. The van der Waals surface area contributed by atoms with Gasteiger partial charge in [0.1, 0.15) is 5.75 Å². The second-order valence-electron chi connectivity index (χ2n) is 4.77. The third kappa shape index (κ3) is 2.89. The van der Waals surface area contributed by atoms with Crippen LogP contribution < -0.4 is 4.74 Å². The Labute approximate surface area is 115 Å². The largest absolute Gasteiger partial charge is 0.496 e. The van der Waals surface area contributed by atoms with Crippen LogP contribution in [0.4, 0.5) is 0 Å². The summed E-state index contributed by atoms with van der Waals surface area (Å²) < 4.78 is 5.06. The fourth-order valence-electron chi connectivity index (χ4n) is 2.27. The average molecular weight is 283 g/mol. The summed E-state index contributed by atoms with van der Waals surface area (Å²) in [7, 11) is 1.56. The monoisotopic (exact) mass is 283 g/mol. The number of thiophene rings is 1. The van der Waals surface area contributed by atoms with Gasteiger partial charge in [-0.1, -0.05) is 0 Å². The minimum absolute atomic E-state index is 0.0798. The highest BCUT2D eigenvalue weighted by Crippen LogP contribution is 2.27. The quantitative estimate of drug-likeness (QED) is 0.922. The summed E-state index contributed by atoms with van der Waals surface area (Å²) in [6.07, 6.45) is 1.36. The zero-order valence-electron chi connectivity index (χ0n) is 11.0. The number of carboxylic acids is 1. The molecule has 0 spiro atoms. The molecule has 1 aromatic rings. The highest BCUT2D eigenvalue weighted by Gasteiger charge is 2.33. The lowest BCUT2D eigenvalue weighted by atomic mass is 9.93. The van der Waals surface area contributed by atoms with Crippen LogP contribution >= 0.6 is 11.3 Å². The van der Waals surface area contributed by atoms with Crippen molar-refractivity contribution in [3.8, 4) is 5.75 Å². The standard InChI is InChI=1S/C13H17NO4S/c1-8-3-4-9(13(16)17)6-14(8)12(15)11-5-10(18-2)7-19-11/h5,7-9H,3-4,6H2,1-2H3,(H,16,17). The molecule has 1 amide bonds. The van der Waals surface area contributed by atoms with E-state index < -0.39 is 11.9 Å². The van der Waals surface area contributed by atoms with E-state index >= 15 is 0 Å². The van der Waals surface area contributed by atoms with Gasteiger partial charge in [-0.25, -0.2) is 0 Å². The smallest absolute Gasteiger partial charge is 0.308 e. The molecule has 1 aliphatic rings. The molecule has 1 fully saturated rings. The molecule has 2 atom stereocenters.